The van der Waals surface area contributed by atoms with Crippen molar-refractivity contribution in [1.82, 2.24) is 19.8 Å². The van der Waals surface area contributed by atoms with E-state index in [1.165, 1.54) is 6.07 Å². The molecule has 3 rings (SSSR count). The minimum absolute atomic E-state index is 0. The van der Waals surface area contributed by atoms with Crippen molar-refractivity contribution in [3.8, 4) is 5.75 Å². The molecule has 1 N–H and O–H groups in total. The highest BCUT2D eigenvalue weighted by Gasteiger charge is 2.29. The molecular weight excluding hydrogens is 484 g/mol. The third kappa shape index (κ3) is 6.32. The molecule has 3 unspecified atom stereocenters. The van der Waals surface area contributed by atoms with E-state index < -0.39 is 0 Å². The molecule has 1 fully saturated rings. The minimum atomic E-state index is -0.349. The first kappa shape index (κ1) is 23.4. The van der Waals surface area contributed by atoms with Crippen LogP contribution < -0.4 is 10.1 Å². The van der Waals surface area contributed by atoms with E-state index in [0.29, 0.717) is 18.5 Å². The average molecular weight is 515 g/mol. The lowest BCUT2D eigenvalue weighted by atomic mass is 9.93. The molecule has 2 aromatic rings. The van der Waals surface area contributed by atoms with Gasteiger partial charge in [-0.2, -0.15) is 0 Å². The Morgan fingerprint density at radius 3 is 2.90 bits per heavy atom. The van der Waals surface area contributed by atoms with Gasteiger partial charge in [0, 0.05) is 32.0 Å². The van der Waals surface area contributed by atoms with Gasteiger partial charge in [0.2, 0.25) is 0 Å². The summed E-state index contributed by atoms with van der Waals surface area (Å²) in [6.45, 7) is 9.35. The molecular formula is C21H31FIN5O. The van der Waals surface area contributed by atoms with Gasteiger partial charge in [0.1, 0.15) is 6.10 Å². The summed E-state index contributed by atoms with van der Waals surface area (Å²) in [6, 6.07) is 6.83. The second-order valence-electron chi connectivity index (χ2n) is 7.34. The molecule has 1 aliphatic rings. The fourth-order valence-corrected chi connectivity index (χ4v) is 3.53. The lowest BCUT2D eigenvalue weighted by Gasteiger charge is -2.39. The third-order valence-electron chi connectivity index (χ3n) is 5.12. The van der Waals surface area contributed by atoms with Gasteiger partial charge >= 0.3 is 0 Å². The number of rotatable bonds is 6. The normalized spacial score (nSPS) is 20.7. The Labute approximate surface area is 189 Å². The number of benzene rings is 1. The van der Waals surface area contributed by atoms with Gasteiger partial charge in [-0.15, -0.1) is 24.0 Å². The van der Waals surface area contributed by atoms with Gasteiger partial charge in [-0.1, -0.05) is 19.1 Å². The van der Waals surface area contributed by atoms with Crippen LogP contribution in [-0.2, 0) is 0 Å². The van der Waals surface area contributed by atoms with Gasteiger partial charge in [0.25, 0.3) is 0 Å². The van der Waals surface area contributed by atoms with Gasteiger partial charge in [0.15, 0.2) is 17.5 Å². The standard InChI is InChI=1S/C21H30FN5O.HI/c1-4-24-21(25-13-17(3)28-20-8-6-5-7-18(20)22)26-11-9-16(2)19(14-26)27-12-10-23-15-27;/h5-8,10,12,15-17,19H,4,9,11,13-14H2,1-3H3,(H,24,25);1H. The van der Waals surface area contributed by atoms with Gasteiger partial charge < -0.3 is 19.5 Å². The Bertz CT molecular complexity index is 770. The Balaban J connectivity index is 0.00000300. The minimum Gasteiger partial charge on any atom is -0.486 e. The Morgan fingerprint density at radius 1 is 1.41 bits per heavy atom. The number of ether oxygens (including phenoxy) is 1. The van der Waals surface area contributed by atoms with Crippen LogP contribution in [0.1, 0.15) is 33.2 Å². The number of aliphatic imine (C=N–C) groups is 1. The number of nitrogens with zero attached hydrogens (tertiary/aromatic N) is 4. The van der Waals surface area contributed by atoms with E-state index in [9.17, 15) is 4.39 Å². The fraction of sp³-hybridized carbons (Fsp3) is 0.524. The predicted octanol–water partition coefficient (Wildman–Crippen LogP) is 3.96. The van der Waals surface area contributed by atoms with Crippen molar-refractivity contribution in [2.75, 3.05) is 26.2 Å². The van der Waals surface area contributed by atoms with E-state index in [1.807, 2.05) is 25.6 Å². The summed E-state index contributed by atoms with van der Waals surface area (Å²) < 4.78 is 21.7. The van der Waals surface area contributed by atoms with E-state index >= 15 is 0 Å². The number of guanidine groups is 1. The van der Waals surface area contributed by atoms with Crippen LogP contribution in [0.2, 0.25) is 0 Å². The molecule has 8 heteroatoms. The molecule has 0 bridgehead atoms. The zero-order chi connectivity index (χ0) is 19.9. The predicted molar refractivity (Wildman–Crippen MR) is 125 cm³/mol. The molecule has 2 heterocycles. The summed E-state index contributed by atoms with van der Waals surface area (Å²) in [5, 5.41) is 3.39. The topological polar surface area (TPSA) is 54.7 Å². The number of nitrogens with one attached hydrogen (secondary N) is 1. The summed E-state index contributed by atoms with van der Waals surface area (Å²) in [5.41, 5.74) is 0. The smallest absolute Gasteiger partial charge is 0.194 e. The molecule has 1 aromatic carbocycles. The lowest BCUT2D eigenvalue weighted by molar-refractivity contribution is 0.187. The van der Waals surface area contributed by atoms with Crippen LogP contribution in [0.15, 0.2) is 48.0 Å². The maximum atomic E-state index is 13.8. The van der Waals surface area contributed by atoms with E-state index in [1.54, 1.807) is 18.2 Å². The quantitative estimate of drug-likeness (QED) is 0.360. The van der Waals surface area contributed by atoms with Crippen molar-refractivity contribution >= 4 is 29.9 Å². The number of para-hydroxylation sites is 1. The maximum absolute atomic E-state index is 13.8. The van der Waals surface area contributed by atoms with Gasteiger partial charge in [-0.05, 0) is 38.3 Å². The molecule has 0 radical (unpaired) electrons. The van der Waals surface area contributed by atoms with Crippen LogP contribution in [0.4, 0.5) is 4.39 Å². The molecule has 0 amide bonds. The second kappa shape index (κ2) is 11.4. The van der Waals surface area contributed by atoms with Crippen LogP contribution in [0.25, 0.3) is 0 Å². The van der Waals surface area contributed by atoms with E-state index in [-0.39, 0.29) is 41.6 Å². The summed E-state index contributed by atoms with van der Waals surface area (Å²) >= 11 is 0. The molecule has 0 aliphatic carbocycles. The van der Waals surface area contributed by atoms with Crippen molar-refractivity contribution in [2.24, 2.45) is 10.9 Å². The summed E-state index contributed by atoms with van der Waals surface area (Å²) in [5.74, 6) is 1.38. The van der Waals surface area contributed by atoms with E-state index in [4.69, 9.17) is 9.73 Å². The van der Waals surface area contributed by atoms with Crippen LogP contribution in [0, 0.1) is 11.7 Å². The first-order valence-corrected chi connectivity index (χ1v) is 10.00. The number of imidazole rings is 1. The highest BCUT2D eigenvalue weighted by molar-refractivity contribution is 14.0. The highest BCUT2D eigenvalue weighted by atomic mass is 127. The zero-order valence-electron chi connectivity index (χ0n) is 17.3. The van der Waals surface area contributed by atoms with Crippen molar-refractivity contribution < 1.29 is 9.13 Å². The maximum Gasteiger partial charge on any atom is 0.194 e. The molecule has 1 aliphatic heterocycles. The molecule has 0 spiro atoms. The molecule has 0 saturated carbocycles. The fourth-order valence-electron chi connectivity index (χ4n) is 3.53. The van der Waals surface area contributed by atoms with E-state index in [2.05, 4.69) is 33.6 Å². The average Bonchev–Trinajstić information content (AvgIpc) is 3.22. The zero-order valence-corrected chi connectivity index (χ0v) is 19.6. The van der Waals surface area contributed by atoms with Crippen molar-refractivity contribution in [2.45, 2.75) is 39.3 Å². The summed E-state index contributed by atoms with van der Waals surface area (Å²) in [6.07, 6.45) is 6.61. The van der Waals surface area contributed by atoms with Crippen molar-refractivity contribution in [1.29, 1.82) is 0 Å². The van der Waals surface area contributed by atoms with E-state index in [0.717, 1.165) is 32.0 Å². The summed E-state index contributed by atoms with van der Waals surface area (Å²) in [4.78, 5) is 11.3. The van der Waals surface area contributed by atoms with Gasteiger partial charge in [0.05, 0.1) is 18.9 Å². The van der Waals surface area contributed by atoms with Gasteiger partial charge in [-0.3, -0.25) is 0 Å². The van der Waals surface area contributed by atoms with Crippen LogP contribution in [-0.4, -0.2) is 52.7 Å². The first-order chi connectivity index (χ1) is 13.6. The highest BCUT2D eigenvalue weighted by Crippen LogP contribution is 2.27. The summed E-state index contributed by atoms with van der Waals surface area (Å²) in [7, 11) is 0. The van der Waals surface area contributed by atoms with Crippen molar-refractivity contribution in [3.05, 3.63) is 48.8 Å². The number of aromatic nitrogens is 2. The third-order valence-corrected chi connectivity index (χ3v) is 5.12. The Kier molecular flexibility index (Phi) is 9.19. The van der Waals surface area contributed by atoms with Crippen molar-refractivity contribution in [3.63, 3.8) is 0 Å². The number of hydrogen-bond donors (Lipinski definition) is 1. The van der Waals surface area contributed by atoms with Crippen LogP contribution in [0.5, 0.6) is 5.75 Å². The number of piperidine rings is 1. The van der Waals surface area contributed by atoms with Gasteiger partial charge in [-0.25, -0.2) is 14.4 Å². The monoisotopic (exact) mass is 515 g/mol. The molecule has 29 heavy (non-hydrogen) atoms. The molecule has 1 saturated heterocycles. The van der Waals surface area contributed by atoms with Crippen LogP contribution >= 0.6 is 24.0 Å². The first-order valence-electron chi connectivity index (χ1n) is 10.00. The SMILES string of the molecule is CCNC(=NCC(C)Oc1ccccc1F)N1CCC(C)C(n2ccnc2)C1.I. The lowest BCUT2D eigenvalue weighted by Crippen LogP contribution is -2.49. The number of halogens is 2. The second-order valence-corrected chi connectivity index (χ2v) is 7.34. The molecule has 3 atom stereocenters. The molecule has 6 nitrogen and oxygen atoms in total. The largest absolute Gasteiger partial charge is 0.486 e. The Hall–Kier alpha value is -1.84. The molecule has 1 aromatic heterocycles. The van der Waals surface area contributed by atoms with Crippen LogP contribution in [0.3, 0.4) is 0 Å². The number of hydrogen-bond acceptors (Lipinski definition) is 3. The molecule has 160 valence electrons. The number of likely N-dealkylation sites (tertiary alicyclic amines) is 1. The Morgan fingerprint density at radius 2 is 2.21 bits per heavy atom.